The Hall–Kier alpha value is -0.590. The number of hydrogen-bond donors (Lipinski definition) is 0. The second-order valence-electron chi connectivity index (χ2n) is 4.52. The minimum Gasteiger partial charge on any atom is -0.298 e. The zero-order valence-electron chi connectivity index (χ0n) is 7.89. The molecule has 2 aliphatic carbocycles. The summed E-state index contributed by atoms with van der Waals surface area (Å²) in [5.41, 5.74) is 1.32. The van der Waals surface area contributed by atoms with Crippen LogP contribution in [0, 0.1) is 11.3 Å². The van der Waals surface area contributed by atoms with Crippen molar-refractivity contribution < 1.29 is 4.79 Å². The maximum absolute atomic E-state index is 11.9. The zero-order chi connectivity index (χ0) is 8.77. The van der Waals surface area contributed by atoms with E-state index in [1.54, 1.807) is 0 Å². The van der Waals surface area contributed by atoms with Gasteiger partial charge in [-0.2, -0.15) is 0 Å². The molecule has 0 aromatic carbocycles. The maximum Gasteiger partial charge on any atom is 0.146 e. The Morgan fingerprint density at radius 1 is 1.58 bits per heavy atom. The predicted molar refractivity (Wildman–Crippen MR) is 48.8 cm³/mol. The van der Waals surface area contributed by atoms with Crippen molar-refractivity contribution in [1.82, 2.24) is 0 Å². The van der Waals surface area contributed by atoms with E-state index in [0.29, 0.717) is 5.78 Å². The van der Waals surface area contributed by atoms with Gasteiger partial charge in [0.1, 0.15) is 5.78 Å². The number of ketones is 1. The van der Waals surface area contributed by atoms with Gasteiger partial charge in [0.05, 0.1) is 0 Å². The van der Waals surface area contributed by atoms with Crippen molar-refractivity contribution >= 4 is 5.78 Å². The molecule has 2 bridgehead atoms. The van der Waals surface area contributed by atoms with Gasteiger partial charge >= 0.3 is 0 Å². The van der Waals surface area contributed by atoms with Crippen LogP contribution in [0.4, 0.5) is 0 Å². The van der Waals surface area contributed by atoms with Crippen LogP contribution in [-0.2, 0) is 4.79 Å². The van der Waals surface area contributed by atoms with E-state index in [9.17, 15) is 4.79 Å². The van der Waals surface area contributed by atoms with E-state index in [-0.39, 0.29) is 11.3 Å². The van der Waals surface area contributed by atoms with E-state index < -0.39 is 0 Å². The molecule has 1 saturated carbocycles. The molecule has 2 rings (SSSR count). The van der Waals surface area contributed by atoms with Crippen molar-refractivity contribution in [3.63, 3.8) is 0 Å². The van der Waals surface area contributed by atoms with E-state index in [0.717, 1.165) is 19.3 Å². The monoisotopic (exact) mass is 164 g/mol. The number of carbonyl (C=O) groups is 1. The standard InChI is InChI=1S/C11H16O/c1-8-5-7-11(2)6-3-4-9(8)10(11)12/h5,9H,3-4,6-7H2,1-2H3/t9-,11+/m0/s1. The van der Waals surface area contributed by atoms with Gasteiger partial charge in [0.2, 0.25) is 0 Å². The van der Waals surface area contributed by atoms with E-state index in [1.807, 2.05) is 0 Å². The minimum absolute atomic E-state index is 0.00241. The first-order valence-corrected chi connectivity index (χ1v) is 4.84. The average Bonchev–Trinajstić information content (AvgIpc) is 2.03. The van der Waals surface area contributed by atoms with Crippen molar-refractivity contribution in [2.24, 2.45) is 11.3 Å². The van der Waals surface area contributed by atoms with Gasteiger partial charge in [-0.15, -0.1) is 0 Å². The topological polar surface area (TPSA) is 17.1 Å². The molecule has 0 radical (unpaired) electrons. The van der Waals surface area contributed by atoms with Gasteiger partial charge in [-0.3, -0.25) is 4.79 Å². The second-order valence-corrected chi connectivity index (χ2v) is 4.52. The van der Waals surface area contributed by atoms with Crippen LogP contribution in [0.25, 0.3) is 0 Å². The van der Waals surface area contributed by atoms with E-state index in [4.69, 9.17) is 0 Å². The van der Waals surface area contributed by atoms with Crippen LogP contribution in [0.3, 0.4) is 0 Å². The minimum atomic E-state index is 0.00241. The molecule has 0 spiro atoms. The summed E-state index contributed by atoms with van der Waals surface area (Å²) < 4.78 is 0. The van der Waals surface area contributed by atoms with Gasteiger partial charge in [-0.25, -0.2) is 0 Å². The quantitative estimate of drug-likeness (QED) is 0.503. The summed E-state index contributed by atoms with van der Waals surface area (Å²) in [7, 11) is 0. The van der Waals surface area contributed by atoms with Gasteiger partial charge in [0.25, 0.3) is 0 Å². The fourth-order valence-electron chi connectivity index (χ4n) is 2.54. The molecule has 1 fully saturated rings. The lowest BCUT2D eigenvalue weighted by Crippen LogP contribution is -2.40. The predicted octanol–water partition coefficient (Wildman–Crippen LogP) is 2.71. The van der Waals surface area contributed by atoms with Crippen LogP contribution in [0.5, 0.6) is 0 Å². The molecular weight excluding hydrogens is 148 g/mol. The molecule has 2 aliphatic rings. The molecule has 1 heteroatoms. The lowest BCUT2D eigenvalue weighted by molar-refractivity contribution is -0.134. The molecule has 0 aromatic rings. The van der Waals surface area contributed by atoms with Crippen LogP contribution < -0.4 is 0 Å². The molecule has 0 amide bonds. The third-order valence-corrected chi connectivity index (χ3v) is 3.56. The van der Waals surface area contributed by atoms with Crippen LogP contribution in [0.1, 0.15) is 39.5 Å². The van der Waals surface area contributed by atoms with Crippen molar-refractivity contribution in [3.05, 3.63) is 11.6 Å². The SMILES string of the molecule is CC1=CC[C@@]2(C)CCC[C@@H]1C2=O. The smallest absolute Gasteiger partial charge is 0.146 e. The summed E-state index contributed by atoms with van der Waals surface area (Å²) in [5, 5.41) is 0. The molecule has 1 nitrogen and oxygen atoms in total. The highest BCUT2D eigenvalue weighted by Crippen LogP contribution is 2.45. The fraction of sp³-hybridized carbons (Fsp3) is 0.727. The van der Waals surface area contributed by atoms with Crippen molar-refractivity contribution in [3.8, 4) is 0 Å². The van der Waals surface area contributed by atoms with Gasteiger partial charge < -0.3 is 0 Å². The van der Waals surface area contributed by atoms with E-state index >= 15 is 0 Å². The third kappa shape index (κ3) is 0.954. The number of fused-ring (bicyclic) bond motifs is 2. The summed E-state index contributed by atoms with van der Waals surface area (Å²) in [4.78, 5) is 11.9. The van der Waals surface area contributed by atoms with Gasteiger partial charge in [-0.1, -0.05) is 25.0 Å². The molecule has 0 saturated heterocycles. The number of carbonyl (C=O) groups excluding carboxylic acids is 1. The van der Waals surface area contributed by atoms with Crippen molar-refractivity contribution in [1.29, 1.82) is 0 Å². The molecule has 0 N–H and O–H groups in total. The molecule has 66 valence electrons. The summed E-state index contributed by atoms with van der Waals surface area (Å²) in [6, 6.07) is 0. The summed E-state index contributed by atoms with van der Waals surface area (Å²) in [6.07, 6.45) is 6.68. The largest absolute Gasteiger partial charge is 0.298 e. The van der Waals surface area contributed by atoms with Crippen LogP contribution in [0.15, 0.2) is 11.6 Å². The van der Waals surface area contributed by atoms with Crippen molar-refractivity contribution in [2.45, 2.75) is 39.5 Å². The van der Waals surface area contributed by atoms with Crippen LogP contribution >= 0.6 is 0 Å². The van der Waals surface area contributed by atoms with Gasteiger partial charge in [0, 0.05) is 11.3 Å². The summed E-state index contributed by atoms with van der Waals surface area (Å²) in [5.74, 6) is 0.784. The van der Waals surface area contributed by atoms with Crippen LogP contribution in [-0.4, -0.2) is 5.78 Å². The first-order valence-electron chi connectivity index (χ1n) is 4.84. The highest BCUT2D eigenvalue weighted by molar-refractivity contribution is 5.90. The lowest BCUT2D eigenvalue weighted by atomic mass is 9.63. The third-order valence-electron chi connectivity index (χ3n) is 3.56. The maximum atomic E-state index is 11.9. The Labute approximate surface area is 73.8 Å². The highest BCUT2D eigenvalue weighted by atomic mass is 16.1. The fourth-order valence-corrected chi connectivity index (χ4v) is 2.54. The number of allylic oxidation sites excluding steroid dienone is 2. The molecule has 2 atom stereocenters. The van der Waals surface area contributed by atoms with Crippen LogP contribution in [0.2, 0.25) is 0 Å². The molecule has 0 heterocycles. The molecule has 0 unspecified atom stereocenters. The average molecular weight is 164 g/mol. The normalized spacial score (nSPS) is 41.0. The van der Waals surface area contributed by atoms with E-state index in [1.165, 1.54) is 12.0 Å². The first-order chi connectivity index (χ1) is 5.63. The number of hydrogen-bond acceptors (Lipinski definition) is 1. The Bertz CT molecular complexity index is 252. The van der Waals surface area contributed by atoms with Gasteiger partial charge in [0.15, 0.2) is 0 Å². The Morgan fingerprint density at radius 2 is 2.33 bits per heavy atom. The number of Topliss-reactive ketones (excluding diaryl/α,β-unsaturated/α-hetero) is 1. The number of rotatable bonds is 0. The second kappa shape index (κ2) is 2.45. The van der Waals surface area contributed by atoms with Crippen molar-refractivity contribution in [2.75, 3.05) is 0 Å². The molecule has 12 heavy (non-hydrogen) atoms. The Kier molecular flexibility index (Phi) is 1.64. The molecule has 0 aromatic heterocycles. The first kappa shape index (κ1) is 8.03. The van der Waals surface area contributed by atoms with Gasteiger partial charge in [-0.05, 0) is 26.2 Å². The van der Waals surface area contributed by atoms with E-state index in [2.05, 4.69) is 19.9 Å². The lowest BCUT2D eigenvalue weighted by Gasteiger charge is -2.40. The Balaban J connectivity index is 2.38. The summed E-state index contributed by atoms with van der Waals surface area (Å²) >= 11 is 0. The Morgan fingerprint density at radius 3 is 3.00 bits per heavy atom. The zero-order valence-corrected chi connectivity index (χ0v) is 7.89. The molecule has 0 aliphatic heterocycles. The molecular formula is C11H16O. The highest BCUT2D eigenvalue weighted by Gasteiger charge is 2.43. The summed E-state index contributed by atoms with van der Waals surface area (Å²) in [6.45, 7) is 4.23.